The second-order valence-electron chi connectivity index (χ2n) is 5.71. The van der Waals surface area contributed by atoms with E-state index >= 15 is 0 Å². The Hall–Kier alpha value is -0.660. The summed E-state index contributed by atoms with van der Waals surface area (Å²) in [4.78, 5) is 2.54. The second kappa shape index (κ2) is 7.27. The van der Waals surface area contributed by atoms with Crippen LogP contribution in [0.15, 0.2) is 29.2 Å². The summed E-state index contributed by atoms with van der Waals surface area (Å²) in [7, 11) is -1.83. The zero-order valence-corrected chi connectivity index (χ0v) is 14.8. The van der Waals surface area contributed by atoms with Crippen molar-refractivity contribution < 1.29 is 13.2 Å². The molecule has 5 nitrogen and oxygen atoms in total. The van der Waals surface area contributed by atoms with Crippen LogP contribution >= 0.6 is 11.6 Å². The van der Waals surface area contributed by atoms with Gasteiger partial charge in [-0.25, -0.2) is 8.42 Å². The van der Waals surface area contributed by atoms with Gasteiger partial charge in [-0.2, -0.15) is 4.31 Å². The smallest absolute Gasteiger partial charge is 0.243 e. The van der Waals surface area contributed by atoms with Crippen LogP contribution < -0.4 is 0 Å². The highest BCUT2D eigenvalue weighted by atomic mass is 35.5. The molecule has 124 valence electrons. The molecule has 1 aromatic carbocycles. The Morgan fingerprint density at radius 1 is 1.27 bits per heavy atom. The van der Waals surface area contributed by atoms with Crippen molar-refractivity contribution in [2.45, 2.75) is 30.8 Å². The van der Waals surface area contributed by atoms with E-state index in [4.69, 9.17) is 16.3 Å². The number of methoxy groups -OCH3 is 1. The van der Waals surface area contributed by atoms with Crippen LogP contribution in [0.4, 0.5) is 0 Å². The Kier molecular flexibility index (Phi) is 5.85. The molecule has 1 heterocycles. The van der Waals surface area contributed by atoms with E-state index in [9.17, 15) is 8.42 Å². The lowest BCUT2D eigenvalue weighted by atomic mass is 10.1. The van der Waals surface area contributed by atoms with E-state index in [0.29, 0.717) is 24.7 Å². The van der Waals surface area contributed by atoms with Crippen LogP contribution in [0.5, 0.6) is 0 Å². The maximum absolute atomic E-state index is 12.8. The highest BCUT2D eigenvalue weighted by Crippen LogP contribution is 2.24. The fourth-order valence-corrected chi connectivity index (χ4v) is 4.82. The number of rotatable bonds is 5. The Bertz CT molecular complexity index is 597. The van der Waals surface area contributed by atoms with Crippen molar-refractivity contribution in [2.75, 3.05) is 33.4 Å². The number of hydrogen-bond acceptors (Lipinski definition) is 4. The lowest BCUT2D eigenvalue weighted by Crippen LogP contribution is -2.58. The zero-order valence-electron chi connectivity index (χ0n) is 13.2. The molecule has 0 saturated carbocycles. The number of benzene rings is 1. The molecule has 0 radical (unpaired) electrons. The summed E-state index contributed by atoms with van der Waals surface area (Å²) in [6.07, 6.45) is 0. The van der Waals surface area contributed by atoms with Gasteiger partial charge in [0.2, 0.25) is 10.0 Å². The number of piperazine rings is 1. The van der Waals surface area contributed by atoms with Crippen LogP contribution in [-0.2, 0) is 14.8 Å². The molecule has 1 saturated heterocycles. The summed E-state index contributed by atoms with van der Waals surface area (Å²) in [6, 6.07) is 6.73. The van der Waals surface area contributed by atoms with Gasteiger partial charge < -0.3 is 4.74 Å². The first kappa shape index (κ1) is 17.7. The highest BCUT2D eigenvalue weighted by Gasteiger charge is 2.35. The molecular formula is C15H23ClN2O3S. The van der Waals surface area contributed by atoms with E-state index in [2.05, 4.69) is 4.90 Å². The maximum Gasteiger partial charge on any atom is 0.243 e. The average Bonchev–Trinajstić information content (AvgIpc) is 2.46. The predicted octanol–water partition coefficient (Wildman–Crippen LogP) is 2.07. The second-order valence-corrected chi connectivity index (χ2v) is 8.08. The summed E-state index contributed by atoms with van der Waals surface area (Å²) in [5, 5.41) is 0.431. The van der Waals surface area contributed by atoms with Gasteiger partial charge in [-0.15, -0.1) is 0 Å². The van der Waals surface area contributed by atoms with E-state index in [-0.39, 0.29) is 17.0 Å². The van der Waals surface area contributed by atoms with Gasteiger partial charge in [0.25, 0.3) is 0 Å². The maximum atomic E-state index is 12.8. The van der Waals surface area contributed by atoms with Gasteiger partial charge >= 0.3 is 0 Å². The molecule has 1 aromatic rings. The predicted molar refractivity (Wildman–Crippen MR) is 87.7 cm³/mol. The minimum Gasteiger partial charge on any atom is -0.383 e. The number of hydrogen-bond donors (Lipinski definition) is 0. The van der Waals surface area contributed by atoms with E-state index in [0.717, 1.165) is 6.54 Å². The number of nitrogens with zero attached hydrogens (tertiary/aromatic N) is 2. The van der Waals surface area contributed by atoms with Crippen molar-refractivity contribution in [3.8, 4) is 0 Å². The van der Waals surface area contributed by atoms with Crippen molar-refractivity contribution in [3.63, 3.8) is 0 Å². The van der Waals surface area contributed by atoms with Crippen molar-refractivity contribution in [1.29, 1.82) is 0 Å². The monoisotopic (exact) mass is 346 g/mol. The first-order chi connectivity index (χ1) is 10.4. The zero-order chi connectivity index (χ0) is 16.3. The molecule has 0 aromatic heterocycles. The third-order valence-electron chi connectivity index (χ3n) is 4.06. The summed E-state index contributed by atoms with van der Waals surface area (Å²) < 4.78 is 32.2. The van der Waals surface area contributed by atoms with E-state index in [1.807, 2.05) is 13.8 Å². The van der Waals surface area contributed by atoms with Crippen molar-refractivity contribution in [2.24, 2.45) is 0 Å². The van der Waals surface area contributed by atoms with Gasteiger partial charge in [-0.3, -0.25) is 4.90 Å². The Balaban J connectivity index is 2.17. The first-order valence-corrected chi connectivity index (χ1v) is 9.18. The van der Waals surface area contributed by atoms with E-state index in [1.54, 1.807) is 29.6 Å². The van der Waals surface area contributed by atoms with Gasteiger partial charge in [-0.1, -0.05) is 17.7 Å². The van der Waals surface area contributed by atoms with Crippen LogP contribution in [0.25, 0.3) is 0 Å². The minimum atomic E-state index is -3.50. The topological polar surface area (TPSA) is 49.9 Å². The molecule has 1 fully saturated rings. The van der Waals surface area contributed by atoms with E-state index < -0.39 is 10.0 Å². The fraction of sp³-hybridized carbons (Fsp3) is 0.600. The van der Waals surface area contributed by atoms with Crippen LogP contribution in [0.2, 0.25) is 5.02 Å². The lowest BCUT2D eigenvalue weighted by molar-refractivity contribution is 0.0496. The summed E-state index contributed by atoms with van der Waals surface area (Å²) in [5.41, 5.74) is 0. The summed E-state index contributed by atoms with van der Waals surface area (Å²) >= 11 is 5.92. The molecule has 0 amide bonds. The molecule has 0 bridgehead atoms. The number of halogens is 1. The Morgan fingerprint density at radius 2 is 1.91 bits per heavy atom. The molecule has 7 heteroatoms. The van der Waals surface area contributed by atoms with Crippen molar-refractivity contribution in [3.05, 3.63) is 29.3 Å². The third-order valence-corrected chi connectivity index (χ3v) is 6.12. The highest BCUT2D eigenvalue weighted by molar-refractivity contribution is 7.89. The SMILES string of the molecule is COCCN1C(C)CN(S(=O)(=O)c2cccc(Cl)c2)CC1C. The third kappa shape index (κ3) is 3.81. The first-order valence-electron chi connectivity index (χ1n) is 7.36. The van der Waals surface area contributed by atoms with E-state index in [1.165, 1.54) is 6.07 Å². The normalized spacial score (nSPS) is 24.5. The summed E-state index contributed by atoms with van der Waals surface area (Å²) in [6.45, 7) is 6.50. The quantitative estimate of drug-likeness (QED) is 0.819. The molecule has 1 aliphatic rings. The minimum absolute atomic E-state index is 0.146. The standard InChI is InChI=1S/C15H23ClN2O3S/c1-12-10-17(11-13(2)18(12)7-8-21-3)22(19,20)15-6-4-5-14(16)9-15/h4-6,9,12-13H,7-8,10-11H2,1-3H3. The van der Waals surface area contributed by atoms with Gasteiger partial charge in [0.05, 0.1) is 11.5 Å². The van der Waals surface area contributed by atoms with Crippen molar-refractivity contribution in [1.82, 2.24) is 9.21 Å². The molecule has 0 spiro atoms. The van der Waals surface area contributed by atoms with Gasteiger partial charge in [0, 0.05) is 43.9 Å². The molecule has 0 N–H and O–H groups in total. The fourth-order valence-electron chi connectivity index (χ4n) is 2.92. The van der Waals surface area contributed by atoms with Crippen LogP contribution in [-0.4, -0.2) is 63.1 Å². The Labute approximate surface area is 137 Å². The molecule has 22 heavy (non-hydrogen) atoms. The van der Waals surface area contributed by atoms with Gasteiger partial charge in [-0.05, 0) is 32.0 Å². The Morgan fingerprint density at radius 3 is 2.45 bits per heavy atom. The number of sulfonamides is 1. The molecular weight excluding hydrogens is 324 g/mol. The van der Waals surface area contributed by atoms with Crippen LogP contribution in [0, 0.1) is 0 Å². The summed E-state index contributed by atoms with van der Waals surface area (Å²) in [5.74, 6) is 0. The molecule has 2 rings (SSSR count). The van der Waals surface area contributed by atoms with Gasteiger partial charge in [0.1, 0.15) is 0 Å². The molecule has 0 aliphatic carbocycles. The van der Waals surface area contributed by atoms with Crippen LogP contribution in [0.3, 0.4) is 0 Å². The lowest BCUT2D eigenvalue weighted by Gasteiger charge is -2.43. The average molecular weight is 347 g/mol. The van der Waals surface area contributed by atoms with Crippen molar-refractivity contribution >= 4 is 21.6 Å². The molecule has 2 atom stereocenters. The number of ether oxygens (including phenoxy) is 1. The van der Waals surface area contributed by atoms with Crippen LogP contribution in [0.1, 0.15) is 13.8 Å². The molecule has 2 unspecified atom stereocenters. The molecule has 1 aliphatic heterocycles. The van der Waals surface area contributed by atoms with Gasteiger partial charge in [0.15, 0.2) is 0 Å². The largest absolute Gasteiger partial charge is 0.383 e.